The highest BCUT2D eigenvalue weighted by atomic mass is 32.2. The number of carbonyl (C=O) groups is 2. The Hall–Kier alpha value is -4.45. The van der Waals surface area contributed by atoms with Crippen molar-refractivity contribution in [1.29, 1.82) is 0 Å². The predicted octanol–water partition coefficient (Wildman–Crippen LogP) is 2.36. The molecule has 0 saturated carbocycles. The number of amides is 3. The summed E-state index contributed by atoms with van der Waals surface area (Å²) in [5.74, 6) is 0.0978. The smallest absolute Gasteiger partial charge is 0.328 e. The van der Waals surface area contributed by atoms with Gasteiger partial charge in [0.1, 0.15) is 17.9 Å². The number of urea groups is 1. The van der Waals surface area contributed by atoms with E-state index in [4.69, 9.17) is 4.74 Å². The van der Waals surface area contributed by atoms with Gasteiger partial charge < -0.3 is 14.3 Å². The molecule has 1 aromatic carbocycles. The molecule has 1 aliphatic rings. The normalized spacial score (nSPS) is 14.2. The fourth-order valence-corrected chi connectivity index (χ4v) is 4.83. The van der Waals surface area contributed by atoms with Crippen molar-refractivity contribution in [1.82, 2.24) is 19.9 Å². The van der Waals surface area contributed by atoms with Crippen molar-refractivity contribution < 1.29 is 22.7 Å². The largest absolute Gasteiger partial charge is 0.487 e. The lowest BCUT2D eigenvalue weighted by Crippen LogP contribution is -2.49. The molecule has 1 aliphatic heterocycles. The minimum Gasteiger partial charge on any atom is -0.487 e. The van der Waals surface area contributed by atoms with E-state index >= 15 is 0 Å². The molecule has 11 nitrogen and oxygen atoms in total. The summed E-state index contributed by atoms with van der Waals surface area (Å²) in [4.78, 5) is 44.8. The SMILES string of the molecule is Cn1cc(-c2cc(S(C)(=O)=O)ccc2OCc2ccc(N3CCC(=O)NC3=O)cn2)c2cc[nH]c2c1=O. The molecule has 3 aromatic heterocycles. The third-order valence-corrected chi connectivity index (χ3v) is 7.22. The maximum Gasteiger partial charge on any atom is 0.328 e. The van der Waals surface area contributed by atoms with Crippen molar-refractivity contribution in [3.8, 4) is 16.9 Å². The molecule has 2 N–H and O–H groups in total. The second-order valence-corrected chi connectivity index (χ2v) is 10.7. The summed E-state index contributed by atoms with van der Waals surface area (Å²) in [7, 11) is -1.88. The van der Waals surface area contributed by atoms with E-state index in [1.54, 1.807) is 43.7 Å². The van der Waals surface area contributed by atoms with E-state index in [0.29, 0.717) is 39.2 Å². The topological polar surface area (TPSA) is 143 Å². The van der Waals surface area contributed by atoms with E-state index in [2.05, 4.69) is 15.3 Å². The van der Waals surface area contributed by atoms with Crippen LogP contribution >= 0.6 is 0 Å². The summed E-state index contributed by atoms with van der Waals surface area (Å²) in [6, 6.07) is 9.27. The van der Waals surface area contributed by atoms with Crippen molar-refractivity contribution >= 4 is 38.4 Å². The molecule has 5 rings (SSSR count). The molecular weight excluding hydrogens is 498 g/mol. The first-order valence-corrected chi connectivity index (χ1v) is 13.2. The summed E-state index contributed by atoms with van der Waals surface area (Å²) >= 11 is 0. The monoisotopic (exact) mass is 521 g/mol. The number of hydrogen-bond donors (Lipinski definition) is 2. The zero-order valence-electron chi connectivity index (χ0n) is 20.0. The number of fused-ring (bicyclic) bond motifs is 1. The molecule has 4 aromatic rings. The number of benzene rings is 1. The maximum absolute atomic E-state index is 12.5. The van der Waals surface area contributed by atoms with E-state index in [0.717, 1.165) is 6.26 Å². The van der Waals surface area contributed by atoms with Gasteiger partial charge in [0.05, 0.1) is 22.5 Å². The molecule has 3 amide bonds. The molecule has 0 unspecified atom stereocenters. The number of aromatic amines is 1. The number of rotatable bonds is 6. The van der Waals surface area contributed by atoms with Crippen LogP contribution in [0.5, 0.6) is 5.75 Å². The van der Waals surface area contributed by atoms with Gasteiger partial charge in [0.15, 0.2) is 9.84 Å². The first kappa shape index (κ1) is 24.3. The summed E-state index contributed by atoms with van der Waals surface area (Å²) in [5.41, 5.74) is 2.45. The quantitative estimate of drug-likeness (QED) is 0.396. The number of pyridine rings is 2. The van der Waals surface area contributed by atoms with Crippen molar-refractivity contribution in [2.75, 3.05) is 17.7 Å². The van der Waals surface area contributed by atoms with E-state index in [9.17, 15) is 22.8 Å². The van der Waals surface area contributed by atoms with Crippen molar-refractivity contribution in [2.24, 2.45) is 7.05 Å². The van der Waals surface area contributed by atoms with E-state index < -0.39 is 15.9 Å². The number of nitrogens with zero attached hydrogens (tertiary/aromatic N) is 3. The average molecular weight is 522 g/mol. The number of aryl methyl sites for hydroxylation is 1. The maximum atomic E-state index is 12.5. The van der Waals surface area contributed by atoms with Gasteiger partial charge in [-0.3, -0.25) is 24.8 Å². The van der Waals surface area contributed by atoms with Gasteiger partial charge in [-0.25, -0.2) is 13.2 Å². The Kier molecular flexibility index (Phi) is 6.04. The second-order valence-electron chi connectivity index (χ2n) is 8.71. The summed E-state index contributed by atoms with van der Waals surface area (Å²) in [5, 5.41) is 2.91. The molecule has 12 heteroatoms. The molecule has 37 heavy (non-hydrogen) atoms. The highest BCUT2D eigenvalue weighted by Gasteiger charge is 2.24. The van der Waals surface area contributed by atoms with Crippen LogP contribution in [0.4, 0.5) is 10.5 Å². The standard InChI is InChI=1S/C25H23N5O6S/c1-29-13-20(18-7-9-26-23(18)24(29)32)19-11-17(37(2,34)35)5-6-21(19)36-14-15-3-4-16(12-27-15)30-10-8-22(31)28-25(30)33/h3-7,9,11-13,26H,8,10,14H2,1-2H3,(H,28,31,33). The molecule has 190 valence electrons. The van der Waals surface area contributed by atoms with Crippen LogP contribution in [0, 0.1) is 0 Å². The van der Waals surface area contributed by atoms with Gasteiger partial charge >= 0.3 is 6.03 Å². The number of hydrogen-bond acceptors (Lipinski definition) is 7. The molecule has 1 saturated heterocycles. The molecule has 0 spiro atoms. The van der Waals surface area contributed by atoms with Crippen LogP contribution in [0.15, 0.2) is 64.7 Å². The van der Waals surface area contributed by atoms with Crippen molar-refractivity contribution in [2.45, 2.75) is 17.9 Å². The van der Waals surface area contributed by atoms with Crippen LogP contribution < -0.4 is 20.5 Å². The van der Waals surface area contributed by atoms with Crippen LogP contribution in [-0.2, 0) is 28.3 Å². The number of imide groups is 1. The molecule has 0 aliphatic carbocycles. The van der Waals surface area contributed by atoms with Crippen LogP contribution in [-0.4, -0.2) is 47.7 Å². The Morgan fingerprint density at radius 2 is 1.89 bits per heavy atom. The van der Waals surface area contributed by atoms with E-state index in [1.807, 2.05) is 0 Å². The first-order chi connectivity index (χ1) is 17.6. The average Bonchev–Trinajstić information content (AvgIpc) is 3.35. The Bertz CT molecular complexity index is 1710. The lowest BCUT2D eigenvalue weighted by molar-refractivity contribution is -0.120. The van der Waals surface area contributed by atoms with Crippen LogP contribution in [0.2, 0.25) is 0 Å². The highest BCUT2D eigenvalue weighted by Crippen LogP contribution is 2.36. The minimum absolute atomic E-state index is 0.0677. The Morgan fingerprint density at radius 3 is 2.59 bits per heavy atom. The number of nitrogens with one attached hydrogen (secondary N) is 2. The summed E-state index contributed by atoms with van der Waals surface area (Å²) in [6.07, 6.45) is 6.17. The van der Waals surface area contributed by atoms with Gasteiger partial charge in [-0.15, -0.1) is 0 Å². The third kappa shape index (κ3) is 4.70. The van der Waals surface area contributed by atoms with Crippen LogP contribution in [0.25, 0.3) is 22.0 Å². The highest BCUT2D eigenvalue weighted by molar-refractivity contribution is 7.90. The van der Waals surface area contributed by atoms with Crippen LogP contribution in [0.3, 0.4) is 0 Å². The molecular formula is C25H23N5O6S. The van der Waals surface area contributed by atoms with Gasteiger partial charge in [0.25, 0.3) is 5.56 Å². The number of anilines is 1. The molecule has 4 heterocycles. The van der Waals surface area contributed by atoms with Gasteiger partial charge in [0, 0.05) is 55.2 Å². The van der Waals surface area contributed by atoms with E-state index in [1.165, 1.54) is 27.8 Å². The Labute approximate surface area is 211 Å². The Balaban J connectivity index is 1.47. The molecule has 0 radical (unpaired) electrons. The van der Waals surface area contributed by atoms with Gasteiger partial charge in [0.2, 0.25) is 5.91 Å². The fraction of sp³-hybridized carbons (Fsp3) is 0.200. The summed E-state index contributed by atoms with van der Waals surface area (Å²) in [6.45, 7) is 0.337. The van der Waals surface area contributed by atoms with Crippen molar-refractivity contribution in [3.05, 3.63) is 71.0 Å². The molecule has 1 fully saturated rings. The lowest BCUT2D eigenvalue weighted by Gasteiger charge is -2.26. The fourth-order valence-electron chi connectivity index (χ4n) is 4.18. The summed E-state index contributed by atoms with van der Waals surface area (Å²) < 4.78 is 32.1. The van der Waals surface area contributed by atoms with Crippen LogP contribution in [0.1, 0.15) is 12.1 Å². The number of H-pyrrole nitrogens is 1. The molecule has 0 bridgehead atoms. The number of ether oxygens (including phenoxy) is 1. The van der Waals surface area contributed by atoms with Gasteiger partial charge in [-0.2, -0.15) is 0 Å². The van der Waals surface area contributed by atoms with Gasteiger partial charge in [-0.1, -0.05) is 0 Å². The lowest BCUT2D eigenvalue weighted by atomic mass is 10.0. The first-order valence-electron chi connectivity index (χ1n) is 11.3. The predicted molar refractivity (Wildman–Crippen MR) is 136 cm³/mol. The van der Waals surface area contributed by atoms with Crippen molar-refractivity contribution in [3.63, 3.8) is 0 Å². The minimum atomic E-state index is -3.50. The number of aromatic nitrogens is 3. The molecule has 0 atom stereocenters. The second kappa shape index (κ2) is 9.21. The zero-order valence-corrected chi connectivity index (χ0v) is 20.8. The number of carbonyl (C=O) groups excluding carboxylic acids is 2. The zero-order chi connectivity index (χ0) is 26.3. The Morgan fingerprint density at radius 1 is 1.08 bits per heavy atom. The number of sulfone groups is 1. The third-order valence-electron chi connectivity index (χ3n) is 6.11. The van der Waals surface area contributed by atoms with Gasteiger partial charge in [-0.05, 0) is 36.4 Å². The van der Waals surface area contributed by atoms with E-state index in [-0.39, 0.29) is 35.9 Å².